The number of aliphatic hydroxyl groups excluding tert-OH is 1. The number of benzene rings is 3. The van der Waals surface area contributed by atoms with Gasteiger partial charge in [0, 0.05) is 0 Å². The van der Waals surface area contributed by atoms with Crippen LogP contribution in [-0.4, -0.2) is 24.4 Å². The van der Waals surface area contributed by atoms with Crippen molar-refractivity contribution in [3.8, 4) is 0 Å². The molecular weight excluding hydrogens is 415 g/mol. The first-order valence-electron chi connectivity index (χ1n) is 10.0. The second-order valence-corrected chi connectivity index (χ2v) is 8.58. The number of ether oxygens (including phenoxy) is 1. The van der Waals surface area contributed by atoms with Crippen molar-refractivity contribution in [2.24, 2.45) is 0 Å². The molecule has 3 rings (SSSR count). The van der Waals surface area contributed by atoms with E-state index in [-0.39, 0.29) is 26.4 Å². The summed E-state index contributed by atoms with van der Waals surface area (Å²) >= 11 is 0. The van der Waals surface area contributed by atoms with E-state index < -0.39 is 13.9 Å². The first-order chi connectivity index (χ1) is 15.1. The molecule has 0 aliphatic rings. The Labute approximate surface area is 183 Å². The minimum absolute atomic E-state index is 0.0340. The lowest BCUT2D eigenvalue weighted by Crippen LogP contribution is -2.21. The lowest BCUT2D eigenvalue weighted by atomic mass is 10.2. The monoisotopic (exact) mass is 442 g/mol. The van der Waals surface area contributed by atoms with E-state index in [1.807, 2.05) is 91.0 Å². The number of hydrogen-bond donors (Lipinski definition) is 1. The summed E-state index contributed by atoms with van der Waals surface area (Å²) in [6, 6.07) is 28.3. The maximum absolute atomic E-state index is 13.1. The van der Waals surface area contributed by atoms with Gasteiger partial charge >= 0.3 is 7.82 Å². The summed E-state index contributed by atoms with van der Waals surface area (Å²) < 4.78 is 35.1. The highest BCUT2D eigenvalue weighted by molar-refractivity contribution is 7.48. The molecule has 0 heterocycles. The Hall–Kier alpha value is -2.31. The predicted octanol–water partition coefficient (Wildman–Crippen LogP) is 5.12. The molecule has 3 aromatic rings. The van der Waals surface area contributed by atoms with Crippen LogP contribution in [0.1, 0.15) is 16.7 Å². The lowest BCUT2D eigenvalue weighted by Gasteiger charge is -2.20. The van der Waals surface area contributed by atoms with Crippen LogP contribution in [0.2, 0.25) is 0 Å². The van der Waals surface area contributed by atoms with E-state index in [0.717, 1.165) is 16.7 Å². The summed E-state index contributed by atoms with van der Waals surface area (Å²) in [6.07, 6.45) is -0.974. The van der Waals surface area contributed by atoms with Gasteiger partial charge < -0.3 is 9.84 Å². The average molecular weight is 442 g/mol. The Morgan fingerprint density at radius 1 is 0.613 bits per heavy atom. The summed E-state index contributed by atoms with van der Waals surface area (Å²) in [4.78, 5) is 0. The van der Waals surface area contributed by atoms with Crippen molar-refractivity contribution in [3.05, 3.63) is 108 Å². The number of hydrogen-bond acceptors (Lipinski definition) is 6. The Morgan fingerprint density at radius 3 is 1.48 bits per heavy atom. The van der Waals surface area contributed by atoms with Gasteiger partial charge in [-0.25, -0.2) is 4.57 Å². The van der Waals surface area contributed by atoms with Crippen LogP contribution in [0, 0.1) is 0 Å². The van der Waals surface area contributed by atoms with Gasteiger partial charge in [0.15, 0.2) is 0 Å². The fraction of sp³-hybridized carbons (Fsp3) is 0.250. The van der Waals surface area contributed by atoms with Crippen molar-refractivity contribution in [1.82, 2.24) is 0 Å². The van der Waals surface area contributed by atoms with Crippen molar-refractivity contribution < 1.29 is 28.0 Å². The zero-order valence-electron chi connectivity index (χ0n) is 17.2. The second kappa shape index (κ2) is 12.5. The highest BCUT2D eigenvalue weighted by atomic mass is 31.2. The topological polar surface area (TPSA) is 74.2 Å². The number of aliphatic hydroxyl groups is 1. The molecule has 6 nitrogen and oxygen atoms in total. The van der Waals surface area contributed by atoms with E-state index in [2.05, 4.69) is 0 Å². The quantitative estimate of drug-likeness (QED) is 0.370. The van der Waals surface area contributed by atoms with Gasteiger partial charge in [0.1, 0.15) is 6.10 Å². The van der Waals surface area contributed by atoms with E-state index >= 15 is 0 Å². The molecule has 0 amide bonds. The third-order valence-electron chi connectivity index (χ3n) is 4.31. The van der Waals surface area contributed by atoms with Gasteiger partial charge in [0.25, 0.3) is 0 Å². The molecule has 0 saturated heterocycles. The molecule has 0 fully saturated rings. The van der Waals surface area contributed by atoms with Crippen molar-refractivity contribution in [2.45, 2.75) is 25.9 Å². The molecule has 31 heavy (non-hydrogen) atoms. The van der Waals surface area contributed by atoms with Crippen LogP contribution in [0.3, 0.4) is 0 Å². The van der Waals surface area contributed by atoms with Gasteiger partial charge in [0.05, 0.1) is 33.0 Å². The first kappa shape index (κ1) is 23.4. The highest BCUT2D eigenvalue weighted by Crippen LogP contribution is 2.51. The highest BCUT2D eigenvalue weighted by Gasteiger charge is 2.28. The molecule has 0 aliphatic heterocycles. The molecular formula is C24H27O6P. The minimum atomic E-state index is -3.91. The molecule has 0 aromatic heterocycles. The lowest BCUT2D eigenvalue weighted by molar-refractivity contribution is -0.00701. The predicted molar refractivity (Wildman–Crippen MR) is 118 cm³/mol. The van der Waals surface area contributed by atoms with Gasteiger partial charge in [-0.2, -0.15) is 0 Å². The average Bonchev–Trinajstić information content (AvgIpc) is 2.82. The standard InChI is InChI=1S/C24H27O6P/c25-24(19-27-16-21-10-4-1-5-11-21)20-30-31(26,28-17-22-12-6-2-7-13-22)29-18-23-14-8-3-9-15-23/h1-15,24-25H,16-20H2. The summed E-state index contributed by atoms with van der Waals surface area (Å²) in [5.41, 5.74) is 2.67. The summed E-state index contributed by atoms with van der Waals surface area (Å²) in [7, 11) is -3.91. The van der Waals surface area contributed by atoms with Gasteiger partial charge in [-0.05, 0) is 16.7 Å². The minimum Gasteiger partial charge on any atom is -0.388 e. The largest absolute Gasteiger partial charge is 0.475 e. The molecule has 1 N–H and O–H groups in total. The molecule has 0 bridgehead atoms. The van der Waals surface area contributed by atoms with Crippen molar-refractivity contribution in [3.63, 3.8) is 0 Å². The molecule has 3 aromatic carbocycles. The molecule has 0 aliphatic carbocycles. The molecule has 1 unspecified atom stereocenters. The molecule has 1 atom stereocenters. The summed E-state index contributed by atoms with van der Waals surface area (Å²) in [5, 5.41) is 10.2. The van der Waals surface area contributed by atoms with E-state index in [9.17, 15) is 9.67 Å². The first-order valence-corrected chi connectivity index (χ1v) is 11.5. The molecule has 164 valence electrons. The van der Waals surface area contributed by atoms with E-state index in [4.69, 9.17) is 18.3 Å². The third-order valence-corrected chi connectivity index (χ3v) is 5.67. The smallest absolute Gasteiger partial charge is 0.388 e. The number of rotatable bonds is 13. The second-order valence-electron chi connectivity index (χ2n) is 6.92. The fourth-order valence-corrected chi connectivity index (χ4v) is 3.87. The normalized spacial score (nSPS) is 12.5. The maximum Gasteiger partial charge on any atom is 0.475 e. The zero-order valence-corrected chi connectivity index (χ0v) is 18.1. The third kappa shape index (κ3) is 8.75. The summed E-state index contributed by atoms with van der Waals surface area (Å²) in [6.45, 7) is 0.285. The number of phosphoric acid groups is 1. The Kier molecular flexibility index (Phi) is 9.43. The van der Waals surface area contributed by atoms with Crippen LogP contribution in [0.5, 0.6) is 0 Å². The van der Waals surface area contributed by atoms with Gasteiger partial charge in [-0.15, -0.1) is 0 Å². The summed E-state index contributed by atoms with van der Waals surface area (Å²) in [5.74, 6) is 0. The van der Waals surface area contributed by atoms with Crippen LogP contribution < -0.4 is 0 Å². The van der Waals surface area contributed by atoms with E-state index in [1.165, 1.54) is 0 Å². The molecule has 7 heteroatoms. The van der Waals surface area contributed by atoms with Crippen LogP contribution in [0.15, 0.2) is 91.0 Å². The Bertz CT molecular complexity index is 873. The van der Waals surface area contributed by atoms with Gasteiger partial charge in [0.2, 0.25) is 0 Å². The number of phosphoric ester groups is 1. The molecule has 0 radical (unpaired) electrons. The SMILES string of the molecule is O=P(OCc1ccccc1)(OCc1ccccc1)OCC(O)COCc1ccccc1. The van der Waals surface area contributed by atoms with Crippen molar-refractivity contribution in [1.29, 1.82) is 0 Å². The van der Waals surface area contributed by atoms with Crippen LogP contribution in [0.25, 0.3) is 0 Å². The van der Waals surface area contributed by atoms with E-state index in [1.54, 1.807) is 0 Å². The van der Waals surface area contributed by atoms with E-state index in [0.29, 0.717) is 6.61 Å². The van der Waals surface area contributed by atoms with Gasteiger partial charge in [-0.1, -0.05) is 91.0 Å². The van der Waals surface area contributed by atoms with Crippen LogP contribution in [-0.2, 0) is 42.7 Å². The zero-order chi connectivity index (χ0) is 21.8. The van der Waals surface area contributed by atoms with Crippen LogP contribution in [0.4, 0.5) is 0 Å². The molecule has 0 spiro atoms. The van der Waals surface area contributed by atoms with Gasteiger partial charge in [-0.3, -0.25) is 13.6 Å². The van der Waals surface area contributed by atoms with Crippen LogP contribution >= 0.6 is 7.82 Å². The Balaban J connectivity index is 1.51. The molecule has 0 saturated carbocycles. The Morgan fingerprint density at radius 2 is 1.03 bits per heavy atom. The van der Waals surface area contributed by atoms with Crippen molar-refractivity contribution in [2.75, 3.05) is 13.2 Å². The van der Waals surface area contributed by atoms with Crippen molar-refractivity contribution >= 4 is 7.82 Å². The fourth-order valence-electron chi connectivity index (χ4n) is 2.68. The maximum atomic E-state index is 13.1.